The topological polar surface area (TPSA) is 36.3 Å². The van der Waals surface area contributed by atoms with E-state index >= 15 is 0 Å². The van der Waals surface area contributed by atoms with E-state index in [0.717, 1.165) is 42.3 Å². The van der Waals surface area contributed by atoms with E-state index in [1.807, 2.05) is 24.5 Å². The molecule has 96 valence electrons. The summed E-state index contributed by atoms with van der Waals surface area (Å²) < 4.78 is 5.65. The zero-order valence-electron chi connectivity index (χ0n) is 10.8. The second-order valence-electron chi connectivity index (χ2n) is 4.45. The summed E-state index contributed by atoms with van der Waals surface area (Å²) in [6.45, 7) is 4.70. The predicted octanol–water partition coefficient (Wildman–Crippen LogP) is 2.90. The summed E-state index contributed by atoms with van der Waals surface area (Å²) >= 11 is 1.62. The van der Waals surface area contributed by atoms with Crippen LogP contribution in [0.25, 0.3) is 0 Å². The minimum absolute atomic E-state index is 0.219. The molecule has 1 aromatic rings. The van der Waals surface area contributed by atoms with Crippen LogP contribution < -0.4 is 4.90 Å². The smallest absolute Gasteiger partial charge is 0.103 e. The van der Waals surface area contributed by atoms with E-state index in [-0.39, 0.29) is 6.10 Å². The van der Waals surface area contributed by atoms with Crippen LogP contribution in [-0.4, -0.2) is 32.1 Å². The molecule has 0 bridgehead atoms. The fraction of sp³-hybridized carbons (Fsp3) is 0.500. The van der Waals surface area contributed by atoms with Gasteiger partial charge in [0, 0.05) is 24.6 Å². The van der Waals surface area contributed by atoms with Crippen LogP contribution in [0, 0.1) is 11.3 Å². The summed E-state index contributed by atoms with van der Waals surface area (Å²) in [7, 11) is 0. The normalized spacial score (nSPS) is 20.3. The predicted molar refractivity (Wildman–Crippen MR) is 75.2 cm³/mol. The Morgan fingerprint density at radius 2 is 2.33 bits per heavy atom. The molecule has 0 aliphatic carbocycles. The first-order chi connectivity index (χ1) is 8.76. The molecular formula is C14H18N2OS. The Hall–Kier alpha value is -1.18. The number of ether oxygens (including phenoxy) is 1. The van der Waals surface area contributed by atoms with Gasteiger partial charge in [0.05, 0.1) is 17.4 Å². The summed E-state index contributed by atoms with van der Waals surface area (Å²) in [5.41, 5.74) is 1.83. The van der Waals surface area contributed by atoms with Crippen LogP contribution in [0.3, 0.4) is 0 Å². The van der Waals surface area contributed by atoms with Gasteiger partial charge in [-0.25, -0.2) is 0 Å². The Labute approximate surface area is 113 Å². The van der Waals surface area contributed by atoms with Crippen molar-refractivity contribution in [2.45, 2.75) is 24.3 Å². The van der Waals surface area contributed by atoms with Gasteiger partial charge in [0.1, 0.15) is 6.07 Å². The van der Waals surface area contributed by atoms with Gasteiger partial charge < -0.3 is 9.64 Å². The molecular weight excluding hydrogens is 244 g/mol. The van der Waals surface area contributed by atoms with Crippen molar-refractivity contribution in [1.82, 2.24) is 0 Å². The monoisotopic (exact) mass is 262 g/mol. The second-order valence-corrected chi connectivity index (χ2v) is 5.30. The van der Waals surface area contributed by atoms with Crippen LogP contribution in [0.4, 0.5) is 5.69 Å². The van der Waals surface area contributed by atoms with Crippen molar-refractivity contribution in [2.75, 3.05) is 30.9 Å². The van der Waals surface area contributed by atoms with Gasteiger partial charge in [0.25, 0.3) is 0 Å². The van der Waals surface area contributed by atoms with Gasteiger partial charge in [-0.1, -0.05) is 6.07 Å². The minimum atomic E-state index is 0.219. The summed E-state index contributed by atoms with van der Waals surface area (Å²) in [5, 5.41) is 9.38. The molecule has 0 radical (unpaired) electrons. The van der Waals surface area contributed by atoms with Gasteiger partial charge in [-0.3, -0.25) is 0 Å². The molecule has 0 aromatic heterocycles. The van der Waals surface area contributed by atoms with E-state index in [1.165, 1.54) is 0 Å². The number of rotatable bonds is 2. The lowest BCUT2D eigenvalue weighted by Gasteiger charge is -2.25. The van der Waals surface area contributed by atoms with E-state index < -0.39 is 0 Å². The lowest BCUT2D eigenvalue weighted by Crippen LogP contribution is -2.30. The number of nitrogens with zero attached hydrogens (tertiary/aromatic N) is 2. The molecule has 0 amide bonds. The first kappa shape index (κ1) is 13.3. The molecule has 1 aliphatic rings. The Bertz CT molecular complexity index is 456. The Balaban J connectivity index is 2.34. The summed E-state index contributed by atoms with van der Waals surface area (Å²) in [4.78, 5) is 3.32. The van der Waals surface area contributed by atoms with Gasteiger partial charge >= 0.3 is 0 Å². The first-order valence-electron chi connectivity index (χ1n) is 6.20. The third kappa shape index (κ3) is 2.80. The van der Waals surface area contributed by atoms with Crippen LogP contribution in [0.1, 0.15) is 18.9 Å². The summed E-state index contributed by atoms with van der Waals surface area (Å²) in [6, 6.07) is 8.41. The van der Waals surface area contributed by atoms with Crippen LogP contribution in [0.5, 0.6) is 0 Å². The van der Waals surface area contributed by atoms with Crippen LogP contribution in [0.2, 0.25) is 0 Å². The van der Waals surface area contributed by atoms with Crippen molar-refractivity contribution in [3.63, 3.8) is 0 Å². The zero-order valence-corrected chi connectivity index (χ0v) is 11.7. The molecule has 1 aromatic carbocycles. The standard InChI is InChI=1S/C14H18N2OS/c1-11-10-16(7-4-8-17-11)13-5-3-6-14(18-2)12(13)9-15/h3,5-6,11H,4,7-8,10H2,1-2H3. The van der Waals surface area contributed by atoms with Crippen molar-refractivity contribution in [3.8, 4) is 6.07 Å². The average molecular weight is 262 g/mol. The first-order valence-corrected chi connectivity index (χ1v) is 7.42. The van der Waals surface area contributed by atoms with E-state index in [1.54, 1.807) is 11.8 Å². The molecule has 1 saturated heterocycles. The highest BCUT2D eigenvalue weighted by Crippen LogP contribution is 2.29. The SMILES string of the molecule is CSc1cccc(N2CCCOC(C)C2)c1C#N. The highest BCUT2D eigenvalue weighted by Gasteiger charge is 2.19. The molecule has 4 heteroatoms. The Morgan fingerprint density at radius 3 is 3.06 bits per heavy atom. The quantitative estimate of drug-likeness (QED) is 0.768. The van der Waals surface area contributed by atoms with Gasteiger partial charge in [-0.15, -0.1) is 11.8 Å². The van der Waals surface area contributed by atoms with E-state index in [9.17, 15) is 5.26 Å². The highest BCUT2D eigenvalue weighted by atomic mass is 32.2. The minimum Gasteiger partial charge on any atom is -0.377 e. The number of thioether (sulfide) groups is 1. The molecule has 1 fully saturated rings. The lowest BCUT2D eigenvalue weighted by molar-refractivity contribution is 0.0821. The molecule has 0 spiro atoms. The number of anilines is 1. The second kappa shape index (κ2) is 6.12. The van der Waals surface area contributed by atoms with E-state index in [0.29, 0.717) is 0 Å². The molecule has 1 aliphatic heterocycles. The molecule has 2 rings (SSSR count). The van der Waals surface area contributed by atoms with Gasteiger partial charge in [-0.2, -0.15) is 5.26 Å². The van der Waals surface area contributed by atoms with Crippen LogP contribution >= 0.6 is 11.8 Å². The summed E-state index contributed by atoms with van der Waals surface area (Å²) in [5.74, 6) is 0. The average Bonchev–Trinajstić information content (AvgIpc) is 2.62. The third-order valence-electron chi connectivity index (χ3n) is 3.13. The number of nitriles is 1. The fourth-order valence-corrected chi connectivity index (χ4v) is 2.85. The highest BCUT2D eigenvalue weighted by molar-refractivity contribution is 7.98. The molecule has 1 unspecified atom stereocenters. The third-order valence-corrected chi connectivity index (χ3v) is 3.91. The van der Waals surface area contributed by atoms with Crippen molar-refractivity contribution in [3.05, 3.63) is 23.8 Å². The van der Waals surface area contributed by atoms with E-state index in [4.69, 9.17) is 4.74 Å². The fourth-order valence-electron chi connectivity index (χ4n) is 2.28. The number of benzene rings is 1. The maximum atomic E-state index is 9.38. The van der Waals surface area contributed by atoms with Crippen LogP contribution in [-0.2, 0) is 4.74 Å². The summed E-state index contributed by atoms with van der Waals surface area (Å²) in [6.07, 6.45) is 3.24. The van der Waals surface area contributed by atoms with Crippen molar-refractivity contribution in [1.29, 1.82) is 5.26 Å². The number of hydrogen-bond donors (Lipinski definition) is 0. The maximum Gasteiger partial charge on any atom is 0.103 e. The maximum absolute atomic E-state index is 9.38. The molecule has 18 heavy (non-hydrogen) atoms. The molecule has 0 N–H and O–H groups in total. The van der Waals surface area contributed by atoms with Gasteiger partial charge in [0.15, 0.2) is 0 Å². The molecule has 1 atom stereocenters. The number of hydrogen-bond acceptors (Lipinski definition) is 4. The zero-order chi connectivity index (χ0) is 13.0. The van der Waals surface area contributed by atoms with Gasteiger partial charge in [-0.05, 0) is 31.7 Å². The van der Waals surface area contributed by atoms with Crippen LogP contribution in [0.15, 0.2) is 23.1 Å². The molecule has 0 saturated carbocycles. The van der Waals surface area contributed by atoms with Crippen molar-refractivity contribution in [2.24, 2.45) is 0 Å². The molecule has 3 nitrogen and oxygen atoms in total. The van der Waals surface area contributed by atoms with Gasteiger partial charge in [0.2, 0.25) is 0 Å². The molecule has 1 heterocycles. The van der Waals surface area contributed by atoms with Crippen molar-refractivity contribution >= 4 is 17.4 Å². The Morgan fingerprint density at radius 1 is 1.50 bits per heavy atom. The Kier molecular flexibility index (Phi) is 4.51. The van der Waals surface area contributed by atoms with E-state index in [2.05, 4.69) is 17.9 Å². The van der Waals surface area contributed by atoms with Crippen molar-refractivity contribution < 1.29 is 4.74 Å². The largest absolute Gasteiger partial charge is 0.377 e. The lowest BCUT2D eigenvalue weighted by atomic mass is 10.1.